The van der Waals surface area contributed by atoms with E-state index in [0.717, 1.165) is 6.42 Å². The van der Waals surface area contributed by atoms with Gasteiger partial charge in [-0.3, -0.25) is 0 Å². The van der Waals surface area contributed by atoms with Gasteiger partial charge in [0.1, 0.15) is 0 Å². The Labute approximate surface area is 69.0 Å². The summed E-state index contributed by atoms with van der Waals surface area (Å²) in [6.45, 7) is 7.72. The van der Waals surface area contributed by atoms with Crippen LogP contribution in [-0.4, -0.2) is 29.0 Å². The zero-order valence-corrected chi connectivity index (χ0v) is 7.33. The second-order valence-corrected chi connectivity index (χ2v) is 3.31. The fourth-order valence-electron chi connectivity index (χ4n) is 1.92. The van der Waals surface area contributed by atoms with Gasteiger partial charge in [-0.15, -0.1) is 6.58 Å². The molecule has 1 aliphatic rings. The van der Waals surface area contributed by atoms with Crippen molar-refractivity contribution in [1.82, 2.24) is 4.81 Å². The molecule has 1 fully saturated rings. The highest BCUT2D eigenvalue weighted by molar-refractivity contribution is 6.45. The maximum Gasteiger partial charge on any atom is 0.377 e. The molecule has 1 heterocycles. The molecule has 0 aliphatic carbocycles. The maximum atomic E-state index is 9.40. The zero-order valence-electron chi connectivity index (χ0n) is 7.33. The summed E-state index contributed by atoms with van der Waals surface area (Å²) in [5.41, 5.74) is 0. The molecule has 1 aliphatic heterocycles. The molecule has 0 radical (unpaired) electrons. The Morgan fingerprint density at radius 2 is 2.27 bits per heavy atom. The fraction of sp³-hybridized carbons (Fsp3) is 0.750. The molecule has 0 aromatic rings. The van der Waals surface area contributed by atoms with Crippen LogP contribution in [0.1, 0.15) is 19.8 Å². The summed E-state index contributed by atoms with van der Waals surface area (Å²) in [4.78, 5) is 2.10. The van der Waals surface area contributed by atoms with Crippen molar-refractivity contribution in [2.75, 3.05) is 0 Å². The van der Waals surface area contributed by atoms with Crippen LogP contribution in [0, 0.1) is 0 Å². The van der Waals surface area contributed by atoms with Gasteiger partial charge in [-0.1, -0.05) is 13.0 Å². The Morgan fingerprint density at radius 3 is 2.64 bits per heavy atom. The Kier molecular flexibility index (Phi) is 2.74. The molecule has 11 heavy (non-hydrogen) atoms. The number of hydrogen-bond donors (Lipinski definition) is 1. The van der Waals surface area contributed by atoms with E-state index in [2.05, 4.69) is 18.3 Å². The van der Waals surface area contributed by atoms with Gasteiger partial charge in [0.2, 0.25) is 0 Å². The molecule has 0 saturated carbocycles. The lowest BCUT2D eigenvalue weighted by Gasteiger charge is -2.26. The second-order valence-electron chi connectivity index (χ2n) is 3.31. The molecular formula is C8H16BNO. The van der Waals surface area contributed by atoms with Crippen LogP contribution in [0.2, 0.25) is 6.82 Å². The summed E-state index contributed by atoms with van der Waals surface area (Å²) in [5.74, 6) is 0. The van der Waals surface area contributed by atoms with Crippen LogP contribution in [0.15, 0.2) is 12.7 Å². The summed E-state index contributed by atoms with van der Waals surface area (Å²) in [5, 5.41) is 9.40. The van der Waals surface area contributed by atoms with Crippen molar-refractivity contribution in [3.05, 3.63) is 12.7 Å². The average molecular weight is 153 g/mol. The lowest BCUT2D eigenvalue weighted by atomic mass is 9.83. The predicted octanol–water partition coefficient (Wildman–Crippen LogP) is 1.14. The topological polar surface area (TPSA) is 23.5 Å². The summed E-state index contributed by atoms with van der Waals surface area (Å²) in [6, 6.07) is 0.878. The standard InChI is InChI=1S/C8H16BNO/c1-4-8-6-5-7(2)10(8)9(3)11/h4,7-8,11H,1,5-6H2,2-3H3/t7-,8?/m1/s1. The lowest BCUT2D eigenvalue weighted by Crippen LogP contribution is -2.43. The highest BCUT2D eigenvalue weighted by Gasteiger charge is 2.33. The van der Waals surface area contributed by atoms with Gasteiger partial charge in [-0.2, -0.15) is 0 Å². The van der Waals surface area contributed by atoms with Crippen LogP contribution in [0.4, 0.5) is 0 Å². The highest BCUT2D eigenvalue weighted by Crippen LogP contribution is 2.24. The fourth-order valence-corrected chi connectivity index (χ4v) is 1.92. The van der Waals surface area contributed by atoms with E-state index in [4.69, 9.17) is 0 Å². The van der Waals surface area contributed by atoms with Crippen molar-refractivity contribution in [3.63, 3.8) is 0 Å². The molecule has 3 heteroatoms. The Morgan fingerprint density at radius 1 is 1.64 bits per heavy atom. The van der Waals surface area contributed by atoms with Crippen molar-refractivity contribution in [2.24, 2.45) is 0 Å². The van der Waals surface area contributed by atoms with Crippen molar-refractivity contribution in [2.45, 2.75) is 38.7 Å². The number of nitrogens with zero attached hydrogens (tertiary/aromatic N) is 1. The summed E-state index contributed by atoms with van der Waals surface area (Å²) < 4.78 is 0. The maximum absolute atomic E-state index is 9.40. The van der Waals surface area contributed by atoms with Crippen molar-refractivity contribution in [1.29, 1.82) is 0 Å². The molecule has 1 N–H and O–H groups in total. The molecule has 0 aromatic heterocycles. The molecule has 1 rings (SSSR count). The first-order valence-corrected chi connectivity index (χ1v) is 4.25. The number of rotatable bonds is 2. The van der Waals surface area contributed by atoms with Crippen molar-refractivity contribution < 1.29 is 5.02 Å². The van der Waals surface area contributed by atoms with E-state index >= 15 is 0 Å². The first kappa shape index (κ1) is 8.82. The average Bonchev–Trinajstić information content (AvgIpc) is 2.30. The van der Waals surface area contributed by atoms with E-state index in [1.54, 1.807) is 0 Å². The van der Waals surface area contributed by atoms with Crippen LogP contribution in [0.5, 0.6) is 0 Å². The summed E-state index contributed by atoms with van der Waals surface area (Å²) >= 11 is 0. The Bertz CT molecular complexity index is 149. The summed E-state index contributed by atoms with van der Waals surface area (Å²) in [7, 11) is -0.338. The molecule has 2 atom stereocenters. The van der Waals surface area contributed by atoms with Crippen LogP contribution in [0.25, 0.3) is 0 Å². The Balaban J connectivity index is 2.63. The van der Waals surface area contributed by atoms with Crippen LogP contribution in [0.3, 0.4) is 0 Å². The normalized spacial score (nSPS) is 32.3. The van der Waals surface area contributed by atoms with Gasteiger partial charge in [0.05, 0.1) is 0 Å². The number of hydrogen-bond acceptors (Lipinski definition) is 2. The van der Waals surface area contributed by atoms with Gasteiger partial charge in [0.25, 0.3) is 0 Å². The molecule has 0 aromatic carbocycles. The van der Waals surface area contributed by atoms with E-state index in [1.807, 2.05) is 12.9 Å². The SMILES string of the molecule is C=CC1CC[C@@H](C)N1B(C)O. The third kappa shape index (κ3) is 1.66. The lowest BCUT2D eigenvalue weighted by molar-refractivity contribution is 0.326. The van der Waals surface area contributed by atoms with E-state index in [0.29, 0.717) is 12.1 Å². The molecule has 0 bridgehead atoms. The van der Waals surface area contributed by atoms with Crippen LogP contribution in [-0.2, 0) is 0 Å². The minimum Gasteiger partial charge on any atom is -0.437 e. The van der Waals surface area contributed by atoms with E-state index in [1.165, 1.54) is 6.42 Å². The smallest absolute Gasteiger partial charge is 0.377 e. The zero-order chi connectivity index (χ0) is 8.43. The molecule has 1 unspecified atom stereocenters. The van der Waals surface area contributed by atoms with Crippen LogP contribution >= 0.6 is 0 Å². The third-order valence-corrected chi connectivity index (χ3v) is 2.48. The second kappa shape index (κ2) is 3.41. The molecule has 62 valence electrons. The Hall–Kier alpha value is -0.275. The van der Waals surface area contributed by atoms with Gasteiger partial charge >= 0.3 is 7.05 Å². The van der Waals surface area contributed by atoms with E-state index in [9.17, 15) is 5.02 Å². The predicted molar refractivity (Wildman–Crippen MR) is 48.4 cm³/mol. The van der Waals surface area contributed by atoms with Crippen molar-refractivity contribution >= 4 is 7.05 Å². The quantitative estimate of drug-likeness (QED) is 0.474. The monoisotopic (exact) mass is 153 g/mol. The van der Waals surface area contributed by atoms with Gasteiger partial charge in [-0.25, -0.2) is 0 Å². The minimum atomic E-state index is -0.338. The third-order valence-electron chi connectivity index (χ3n) is 2.48. The van der Waals surface area contributed by atoms with Gasteiger partial charge < -0.3 is 9.83 Å². The van der Waals surface area contributed by atoms with Gasteiger partial charge in [0, 0.05) is 6.04 Å². The van der Waals surface area contributed by atoms with E-state index in [-0.39, 0.29) is 7.05 Å². The highest BCUT2D eigenvalue weighted by atomic mass is 16.2. The largest absolute Gasteiger partial charge is 0.437 e. The molecule has 0 amide bonds. The summed E-state index contributed by atoms with van der Waals surface area (Å²) in [6.07, 6.45) is 4.23. The molecule has 0 spiro atoms. The minimum absolute atomic E-state index is 0.338. The van der Waals surface area contributed by atoms with Crippen molar-refractivity contribution in [3.8, 4) is 0 Å². The molecule has 1 saturated heterocycles. The molecular weight excluding hydrogens is 137 g/mol. The first-order chi connectivity index (χ1) is 5.16. The van der Waals surface area contributed by atoms with E-state index < -0.39 is 0 Å². The van der Waals surface area contributed by atoms with Gasteiger partial charge in [-0.05, 0) is 25.7 Å². The van der Waals surface area contributed by atoms with Gasteiger partial charge in [0.15, 0.2) is 0 Å². The molecule has 2 nitrogen and oxygen atoms in total. The first-order valence-electron chi connectivity index (χ1n) is 4.25. The van der Waals surface area contributed by atoms with Crippen LogP contribution < -0.4 is 0 Å².